The molecule has 1 atom stereocenters. The highest BCUT2D eigenvalue weighted by molar-refractivity contribution is 8.00. The van der Waals surface area contributed by atoms with Gasteiger partial charge in [-0.15, -0.1) is 0 Å². The molecule has 0 aliphatic heterocycles. The lowest BCUT2D eigenvalue weighted by atomic mass is 10.3. The summed E-state index contributed by atoms with van der Waals surface area (Å²) in [5.41, 5.74) is 1.42. The Morgan fingerprint density at radius 1 is 1.56 bits per heavy atom. The van der Waals surface area contributed by atoms with Gasteiger partial charge in [0.15, 0.2) is 0 Å². The molecule has 0 radical (unpaired) electrons. The molecule has 54 valence electrons. The van der Waals surface area contributed by atoms with Crippen molar-refractivity contribution in [1.29, 1.82) is 0 Å². The maximum atomic E-state index is 2.30. The molecular weight excluding hydrogens is 128 g/mol. The van der Waals surface area contributed by atoms with Gasteiger partial charge >= 0.3 is 0 Å². The van der Waals surface area contributed by atoms with Crippen LogP contribution in [0.1, 0.15) is 27.7 Å². The molecule has 0 fully saturated rings. The molecule has 0 N–H and O–H groups in total. The molecule has 9 heavy (non-hydrogen) atoms. The maximum absolute atomic E-state index is 2.30. The van der Waals surface area contributed by atoms with Crippen molar-refractivity contribution in [3.63, 3.8) is 0 Å². The van der Waals surface area contributed by atoms with Crippen molar-refractivity contribution >= 4 is 11.8 Å². The van der Waals surface area contributed by atoms with Gasteiger partial charge in [-0.3, -0.25) is 0 Å². The van der Waals surface area contributed by atoms with Crippen LogP contribution in [0, 0.1) is 0 Å². The molecule has 0 saturated carbocycles. The summed E-state index contributed by atoms with van der Waals surface area (Å²) in [7, 11) is 0. The zero-order valence-corrected chi connectivity index (χ0v) is 7.59. The predicted molar refractivity (Wildman–Crippen MR) is 47.0 cm³/mol. The number of hydrogen-bond acceptors (Lipinski definition) is 1. The van der Waals surface area contributed by atoms with E-state index in [2.05, 4.69) is 33.8 Å². The molecule has 0 heterocycles. The average Bonchev–Trinajstić information content (AvgIpc) is 1.63. The van der Waals surface area contributed by atoms with E-state index < -0.39 is 0 Å². The molecule has 0 aliphatic rings. The Hall–Kier alpha value is 0.0900. The van der Waals surface area contributed by atoms with Gasteiger partial charge in [0.25, 0.3) is 0 Å². The van der Waals surface area contributed by atoms with E-state index in [-0.39, 0.29) is 0 Å². The van der Waals surface area contributed by atoms with Gasteiger partial charge in [0, 0.05) is 5.25 Å². The van der Waals surface area contributed by atoms with E-state index in [1.807, 2.05) is 11.8 Å². The van der Waals surface area contributed by atoms with Crippen molar-refractivity contribution in [2.75, 3.05) is 5.75 Å². The number of hydrogen-bond donors (Lipinski definition) is 0. The first kappa shape index (κ1) is 9.09. The Balaban J connectivity index is 3.49. The summed E-state index contributed by atoms with van der Waals surface area (Å²) in [5, 5.41) is 0.694. The minimum Gasteiger partial charge on any atom is -0.155 e. The Morgan fingerprint density at radius 2 is 2.11 bits per heavy atom. The summed E-state index contributed by atoms with van der Waals surface area (Å²) in [4.78, 5) is 0. The van der Waals surface area contributed by atoms with Crippen LogP contribution >= 0.6 is 11.8 Å². The molecule has 0 bridgehead atoms. The molecule has 0 aromatic heterocycles. The summed E-state index contributed by atoms with van der Waals surface area (Å²) >= 11 is 1.98. The minimum atomic E-state index is 0.694. The van der Waals surface area contributed by atoms with E-state index in [0.717, 1.165) is 0 Å². The highest BCUT2D eigenvalue weighted by Gasteiger charge is 1.93. The summed E-state index contributed by atoms with van der Waals surface area (Å²) in [6.07, 6.45) is 2.30. The van der Waals surface area contributed by atoms with Gasteiger partial charge in [-0.2, -0.15) is 11.8 Å². The van der Waals surface area contributed by atoms with Crippen LogP contribution in [-0.2, 0) is 0 Å². The Bertz CT molecular complexity index is 90.7. The van der Waals surface area contributed by atoms with Crippen LogP contribution in [0.3, 0.4) is 0 Å². The second-order valence-corrected chi connectivity index (χ2v) is 4.06. The second-order valence-electron chi connectivity index (χ2n) is 2.40. The zero-order valence-electron chi connectivity index (χ0n) is 6.77. The Labute approximate surface area is 62.7 Å². The maximum Gasteiger partial charge on any atom is 0.0201 e. The number of rotatable bonds is 3. The molecule has 0 saturated heterocycles. The van der Waals surface area contributed by atoms with Crippen LogP contribution in [0.25, 0.3) is 0 Å². The Morgan fingerprint density at radius 3 is 2.44 bits per heavy atom. The van der Waals surface area contributed by atoms with Gasteiger partial charge in [0.2, 0.25) is 0 Å². The molecule has 1 heteroatoms. The second kappa shape index (κ2) is 4.92. The monoisotopic (exact) mass is 144 g/mol. The third kappa shape index (κ3) is 5.97. The number of thioether (sulfide) groups is 1. The third-order valence-electron chi connectivity index (χ3n) is 0.998. The highest BCUT2D eigenvalue weighted by Crippen LogP contribution is 2.11. The SMILES string of the molecule is CCSC(C)C=C(C)C. The van der Waals surface area contributed by atoms with E-state index in [9.17, 15) is 0 Å². The van der Waals surface area contributed by atoms with Crippen LogP contribution < -0.4 is 0 Å². The molecule has 0 aromatic rings. The molecule has 0 rings (SSSR count). The van der Waals surface area contributed by atoms with Crippen molar-refractivity contribution in [1.82, 2.24) is 0 Å². The predicted octanol–water partition coefficient (Wildman–Crippen LogP) is 3.09. The summed E-state index contributed by atoms with van der Waals surface area (Å²) in [6, 6.07) is 0. The minimum absolute atomic E-state index is 0.694. The third-order valence-corrected chi connectivity index (χ3v) is 1.99. The highest BCUT2D eigenvalue weighted by atomic mass is 32.2. The first-order valence-corrected chi connectivity index (χ1v) is 4.48. The first-order valence-electron chi connectivity index (χ1n) is 3.43. The van der Waals surface area contributed by atoms with Crippen molar-refractivity contribution in [2.45, 2.75) is 32.9 Å². The van der Waals surface area contributed by atoms with Crippen molar-refractivity contribution in [2.24, 2.45) is 0 Å². The molecule has 0 amide bonds. The molecule has 0 aromatic carbocycles. The smallest absolute Gasteiger partial charge is 0.0201 e. The van der Waals surface area contributed by atoms with Crippen LogP contribution in [-0.4, -0.2) is 11.0 Å². The van der Waals surface area contributed by atoms with E-state index in [1.165, 1.54) is 11.3 Å². The lowest BCUT2D eigenvalue weighted by Gasteiger charge is -2.02. The molecule has 1 unspecified atom stereocenters. The molecule has 0 spiro atoms. The van der Waals surface area contributed by atoms with Gasteiger partial charge in [0.1, 0.15) is 0 Å². The zero-order chi connectivity index (χ0) is 7.28. The largest absolute Gasteiger partial charge is 0.155 e. The topological polar surface area (TPSA) is 0 Å². The molecular formula is C8H16S. The normalized spacial score (nSPS) is 12.9. The van der Waals surface area contributed by atoms with Gasteiger partial charge < -0.3 is 0 Å². The van der Waals surface area contributed by atoms with E-state index in [1.54, 1.807) is 0 Å². The van der Waals surface area contributed by atoms with Crippen molar-refractivity contribution < 1.29 is 0 Å². The van der Waals surface area contributed by atoms with Crippen molar-refractivity contribution in [3.8, 4) is 0 Å². The van der Waals surface area contributed by atoms with Crippen LogP contribution in [0.15, 0.2) is 11.6 Å². The standard InChI is InChI=1S/C8H16S/c1-5-9-8(4)6-7(2)3/h6,8H,5H2,1-4H3. The van der Waals surface area contributed by atoms with E-state index in [0.29, 0.717) is 5.25 Å². The number of allylic oxidation sites excluding steroid dienone is 1. The fraction of sp³-hybridized carbons (Fsp3) is 0.750. The van der Waals surface area contributed by atoms with Crippen LogP contribution in [0.5, 0.6) is 0 Å². The summed E-state index contributed by atoms with van der Waals surface area (Å²) < 4.78 is 0. The summed E-state index contributed by atoms with van der Waals surface area (Å²) in [5.74, 6) is 1.21. The lowest BCUT2D eigenvalue weighted by molar-refractivity contribution is 1.19. The van der Waals surface area contributed by atoms with Gasteiger partial charge in [-0.25, -0.2) is 0 Å². The quantitative estimate of drug-likeness (QED) is 0.548. The van der Waals surface area contributed by atoms with Gasteiger partial charge in [-0.05, 0) is 26.5 Å². The van der Waals surface area contributed by atoms with Crippen LogP contribution in [0.4, 0.5) is 0 Å². The fourth-order valence-electron chi connectivity index (χ4n) is 0.780. The first-order chi connectivity index (χ1) is 4.16. The lowest BCUT2D eigenvalue weighted by Crippen LogP contribution is -1.90. The van der Waals surface area contributed by atoms with E-state index >= 15 is 0 Å². The van der Waals surface area contributed by atoms with Crippen LogP contribution in [0.2, 0.25) is 0 Å². The molecule has 0 nitrogen and oxygen atoms in total. The average molecular weight is 144 g/mol. The molecule has 0 aliphatic carbocycles. The summed E-state index contributed by atoms with van der Waals surface area (Å²) in [6.45, 7) is 8.72. The van der Waals surface area contributed by atoms with Crippen molar-refractivity contribution in [3.05, 3.63) is 11.6 Å². The van der Waals surface area contributed by atoms with E-state index in [4.69, 9.17) is 0 Å². The van der Waals surface area contributed by atoms with Gasteiger partial charge in [-0.1, -0.05) is 18.6 Å². The fourth-order valence-corrected chi connectivity index (χ4v) is 1.67. The van der Waals surface area contributed by atoms with Gasteiger partial charge in [0.05, 0.1) is 0 Å². The Kier molecular flexibility index (Phi) is 4.97.